The lowest BCUT2D eigenvalue weighted by atomic mass is 10.1. The van der Waals surface area contributed by atoms with E-state index in [1.807, 2.05) is 30.3 Å². The van der Waals surface area contributed by atoms with Gasteiger partial charge >= 0.3 is 0 Å². The Balaban J connectivity index is 1.56. The molecule has 1 aromatic heterocycles. The molecule has 22 heavy (non-hydrogen) atoms. The highest BCUT2D eigenvalue weighted by atomic mass is 16.3. The molecule has 0 unspecified atom stereocenters. The second-order valence-corrected chi connectivity index (χ2v) is 5.94. The summed E-state index contributed by atoms with van der Waals surface area (Å²) < 4.78 is 5.47. The number of nitrogens with one attached hydrogen (secondary N) is 1. The van der Waals surface area contributed by atoms with Gasteiger partial charge in [0.05, 0.1) is 12.1 Å². The quantitative estimate of drug-likeness (QED) is 0.875. The zero-order valence-corrected chi connectivity index (χ0v) is 12.8. The van der Waals surface area contributed by atoms with Gasteiger partial charge in [0.1, 0.15) is 6.26 Å². The van der Waals surface area contributed by atoms with Crippen LogP contribution in [-0.2, 0) is 11.2 Å². The molecule has 1 saturated carbocycles. The molecule has 1 amide bonds. The first-order valence-electron chi connectivity index (χ1n) is 8.10. The highest BCUT2D eigenvalue weighted by molar-refractivity contribution is 5.78. The van der Waals surface area contributed by atoms with Gasteiger partial charge in [0.15, 0.2) is 0 Å². The SMILES string of the molecule is O=C(Cc1coc(-c2ccccc2)n1)NC1CCCCCC1. The first-order valence-corrected chi connectivity index (χ1v) is 8.10. The van der Waals surface area contributed by atoms with Crippen LogP contribution in [0.15, 0.2) is 41.0 Å². The normalized spacial score (nSPS) is 16.2. The lowest BCUT2D eigenvalue weighted by Gasteiger charge is -2.15. The minimum atomic E-state index is 0.0415. The molecule has 0 aliphatic heterocycles. The zero-order valence-electron chi connectivity index (χ0n) is 12.8. The summed E-state index contributed by atoms with van der Waals surface area (Å²) in [6, 6.07) is 10.1. The molecule has 1 aliphatic carbocycles. The zero-order chi connectivity index (χ0) is 15.2. The van der Waals surface area contributed by atoms with Crippen LogP contribution < -0.4 is 5.32 Å². The molecule has 0 saturated heterocycles. The van der Waals surface area contributed by atoms with Gasteiger partial charge in [0.2, 0.25) is 11.8 Å². The van der Waals surface area contributed by atoms with Crippen LogP contribution in [0.3, 0.4) is 0 Å². The summed E-state index contributed by atoms with van der Waals surface area (Å²) in [6.45, 7) is 0. The fourth-order valence-electron chi connectivity index (χ4n) is 2.97. The van der Waals surface area contributed by atoms with Crippen LogP contribution in [0, 0.1) is 0 Å². The highest BCUT2D eigenvalue weighted by Gasteiger charge is 2.16. The number of rotatable bonds is 4. The fraction of sp³-hybridized carbons (Fsp3) is 0.444. The summed E-state index contributed by atoms with van der Waals surface area (Å²) in [5.74, 6) is 0.609. The van der Waals surface area contributed by atoms with E-state index in [1.165, 1.54) is 25.7 Å². The molecule has 116 valence electrons. The predicted octanol–water partition coefficient (Wildman–Crippen LogP) is 3.72. The number of hydrogen-bond acceptors (Lipinski definition) is 3. The van der Waals surface area contributed by atoms with E-state index in [-0.39, 0.29) is 12.3 Å². The first kappa shape index (κ1) is 14.8. The number of hydrogen-bond donors (Lipinski definition) is 1. The number of amides is 1. The molecule has 0 atom stereocenters. The molecule has 1 aromatic carbocycles. The lowest BCUT2D eigenvalue weighted by Crippen LogP contribution is -2.35. The van der Waals surface area contributed by atoms with Crippen LogP contribution in [0.5, 0.6) is 0 Å². The Bertz CT molecular complexity index is 599. The highest BCUT2D eigenvalue weighted by Crippen LogP contribution is 2.19. The molecule has 2 aromatic rings. The van der Waals surface area contributed by atoms with E-state index >= 15 is 0 Å². The molecule has 1 heterocycles. The van der Waals surface area contributed by atoms with Crippen LogP contribution in [0.25, 0.3) is 11.5 Å². The van der Waals surface area contributed by atoms with Crippen LogP contribution in [0.4, 0.5) is 0 Å². The number of nitrogens with zero attached hydrogens (tertiary/aromatic N) is 1. The van der Waals surface area contributed by atoms with Crippen molar-refractivity contribution in [2.45, 2.75) is 51.0 Å². The second kappa shape index (κ2) is 7.25. The molecule has 0 radical (unpaired) electrons. The van der Waals surface area contributed by atoms with Crippen LogP contribution in [0.2, 0.25) is 0 Å². The molecule has 1 fully saturated rings. The topological polar surface area (TPSA) is 55.1 Å². The number of aromatic nitrogens is 1. The Morgan fingerprint density at radius 3 is 2.59 bits per heavy atom. The summed E-state index contributed by atoms with van der Waals surface area (Å²) in [7, 11) is 0. The van der Waals surface area contributed by atoms with Crippen molar-refractivity contribution in [3.05, 3.63) is 42.3 Å². The third-order valence-electron chi connectivity index (χ3n) is 4.13. The van der Waals surface area contributed by atoms with E-state index in [9.17, 15) is 4.79 Å². The third kappa shape index (κ3) is 3.97. The molecule has 1 N–H and O–H groups in total. The fourth-order valence-corrected chi connectivity index (χ4v) is 2.97. The Morgan fingerprint density at radius 1 is 1.14 bits per heavy atom. The van der Waals surface area contributed by atoms with Gasteiger partial charge in [0.25, 0.3) is 0 Å². The molecule has 1 aliphatic rings. The lowest BCUT2D eigenvalue weighted by molar-refractivity contribution is -0.121. The van der Waals surface area contributed by atoms with Gasteiger partial charge in [-0.15, -0.1) is 0 Å². The molecule has 4 heteroatoms. The minimum Gasteiger partial charge on any atom is -0.444 e. The first-order chi connectivity index (χ1) is 10.8. The minimum absolute atomic E-state index is 0.0415. The van der Waals surface area contributed by atoms with Crippen LogP contribution in [-0.4, -0.2) is 16.9 Å². The molecule has 4 nitrogen and oxygen atoms in total. The standard InChI is InChI=1S/C18H22N2O2/c21-17(19-15-10-6-1-2-7-11-15)12-16-13-22-18(20-16)14-8-4-3-5-9-14/h3-5,8-9,13,15H,1-2,6-7,10-12H2,(H,19,21). The van der Waals surface area contributed by atoms with E-state index < -0.39 is 0 Å². The molecule has 0 spiro atoms. The van der Waals surface area contributed by atoms with Gasteiger partial charge in [-0.05, 0) is 25.0 Å². The van der Waals surface area contributed by atoms with Crippen molar-refractivity contribution in [3.63, 3.8) is 0 Å². The van der Waals surface area contributed by atoms with Crippen molar-refractivity contribution in [2.75, 3.05) is 0 Å². The smallest absolute Gasteiger partial charge is 0.226 e. The predicted molar refractivity (Wildman–Crippen MR) is 85.3 cm³/mol. The monoisotopic (exact) mass is 298 g/mol. The summed E-state index contributed by atoms with van der Waals surface area (Å²) in [6.07, 6.45) is 9.06. The van der Waals surface area contributed by atoms with Crippen molar-refractivity contribution >= 4 is 5.91 Å². The van der Waals surface area contributed by atoms with Gasteiger partial charge in [-0.2, -0.15) is 0 Å². The number of benzene rings is 1. The van der Waals surface area contributed by atoms with Gasteiger partial charge in [-0.3, -0.25) is 4.79 Å². The number of carbonyl (C=O) groups is 1. The van der Waals surface area contributed by atoms with Crippen molar-refractivity contribution in [2.24, 2.45) is 0 Å². The molecule has 0 bridgehead atoms. The molecular formula is C18H22N2O2. The summed E-state index contributed by atoms with van der Waals surface area (Å²) in [4.78, 5) is 16.6. The van der Waals surface area contributed by atoms with Gasteiger partial charge in [-0.1, -0.05) is 43.9 Å². The van der Waals surface area contributed by atoms with Gasteiger partial charge in [0, 0.05) is 11.6 Å². The second-order valence-electron chi connectivity index (χ2n) is 5.94. The Kier molecular flexibility index (Phi) is 4.88. The van der Waals surface area contributed by atoms with E-state index in [2.05, 4.69) is 10.3 Å². The van der Waals surface area contributed by atoms with E-state index in [0.717, 1.165) is 18.4 Å². The Hall–Kier alpha value is -2.10. The largest absolute Gasteiger partial charge is 0.444 e. The van der Waals surface area contributed by atoms with Crippen molar-refractivity contribution in [1.82, 2.24) is 10.3 Å². The maximum atomic E-state index is 12.1. The van der Waals surface area contributed by atoms with Gasteiger partial charge in [-0.25, -0.2) is 4.98 Å². The molecule has 3 rings (SSSR count). The summed E-state index contributed by atoms with van der Waals surface area (Å²) >= 11 is 0. The van der Waals surface area contributed by atoms with E-state index in [4.69, 9.17) is 4.42 Å². The maximum Gasteiger partial charge on any atom is 0.226 e. The molecular weight excluding hydrogens is 276 g/mol. The van der Waals surface area contributed by atoms with Crippen molar-refractivity contribution in [1.29, 1.82) is 0 Å². The van der Waals surface area contributed by atoms with E-state index in [0.29, 0.717) is 17.6 Å². The van der Waals surface area contributed by atoms with Crippen LogP contribution in [0.1, 0.15) is 44.2 Å². The summed E-state index contributed by atoms with van der Waals surface area (Å²) in [5, 5.41) is 3.14. The maximum absolute atomic E-state index is 12.1. The van der Waals surface area contributed by atoms with E-state index in [1.54, 1.807) is 6.26 Å². The van der Waals surface area contributed by atoms with Crippen molar-refractivity contribution in [3.8, 4) is 11.5 Å². The summed E-state index contributed by atoms with van der Waals surface area (Å²) in [5.41, 5.74) is 1.61. The average Bonchev–Trinajstić information content (AvgIpc) is 2.84. The van der Waals surface area contributed by atoms with Crippen LogP contribution >= 0.6 is 0 Å². The van der Waals surface area contributed by atoms with Crippen molar-refractivity contribution < 1.29 is 9.21 Å². The van der Waals surface area contributed by atoms with Gasteiger partial charge < -0.3 is 9.73 Å². The Morgan fingerprint density at radius 2 is 1.86 bits per heavy atom. The Labute approximate surface area is 130 Å². The number of oxazole rings is 1. The number of carbonyl (C=O) groups excluding carboxylic acids is 1. The third-order valence-corrected chi connectivity index (χ3v) is 4.13. The average molecular weight is 298 g/mol.